The number of aryl methyl sites for hydroxylation is 2. The summed E-state index contributed by atoms with van der Waals surface area (Å²) < 4.78 is 7.92. The Kier molecular flexibility index (Phi) is 4.62. The summed E-state index contributed by atoms with van der Waals surface area (Å²) in [5.41, 5.74) is 6.61. The lowest BCUT2D eigenvalue weighted by Gasteiger charge is -2.19. The van der Waals surface area contributed by atoms with Crippen LogP contribution in [0.15, 0.2) is 30.5 Å². The quantitative estimate of drug-likeness (QED) is 0.845. The van der Waals surface area contributed by atoms with Crippen LogP contribution in [-0.2, 0) is 20.1 Å². The van der Waals surface area contributed by atoms with Gasteiger partial charge in [-0.05, 0) is 55.9 Å². The van der Waals surface area contributed by atoms with Crippen LogP contribution in [0.4, 0.5) is 0 Å². The molecule has 0 radical (unpaired) electrons. The highest BCUT2D eigenvalue weighted by Gasteiger charge is 2.18. The van der Waals surface area contributed by atoms with E-state index in [1.165, 1.54) is 47.9 Å². The third-order valence-electron chi connectivity index (χ3n) is 5.29. The lowest BCUT2D eigenvalue weighted by atomic mass is 9.92. The monoisotopic (exact) mass is 337 g/mol. The van der Waals surface area contributed by atoms with Crippen molar-refractivity contribution < 1.29 is 4.74 Å². The zero-order valence-electron chi connectivity index (χ0n) is 15.3. The fourth-order valence-electron chi connectivity index (χ4n) is 3.93. The van der Waals surface area contributed by atoms with E-state index in [9.17, 15) is 0 Å². The molecule has 2 aromatic rings. The van der Waals surface area contributed by atoms with Crippen LogP contribution >= 0.6 is 0 Å². The van der Waals surface area contributed by atoms with Crippen LogP contribution in [0.3, 0.4) is 0 Å². The van der Waals surface area contributed by atoms with Crippen molar-refractivity contribution in [2.24, 2.45) is 7.05 Å². The Morgan fingerprint density at radius 2 is 2.16 bits per heavy atom. The van der Waals surface area contributed by atoms with Gasteiger partial charge < -0.3 is 4.74 Å². The first kappa shape index (κ1) is 16.4. The van der Waals surface area contributed by atoms with Gasteiger partial charge in [0.05, 0.1) is 5.69 Å². The molecule has 1 aromatic heterocycles. The maximum atomic E-state index is 6.01. The van der Waals surface area contributed by atoms with Crippen LogP contribution in [0.25, 0.3) is 5.57 Å². The minimum Gasteiger partial charge on any atom is -0.492 e. The number of benzene rings is 1. The topological polar surface area (TPSA) is 30.3 Å². The maximum Gasteiger partial charge on any atom is 0.123 e. The first-order chi connectivity index (χ1) is 12.2. The lowest BCUT2D eigenvalue weighted by Crippen LogP contribution is -2.25. The molecule has 2 aliphatic rings. The largest absolute Gasteiger partial charge is 0.492 e. The minimum atomic E-state index is 0.744. The Morgan fingerprint density at radius 1 is 1.24 bits per heavy atom. The third kappa shape index (κ3) is 3.64. The number of nitrogens with zero attached hydrogens (tertiary/aromatic N) is 3. The standard InChI is InChI=1S/C21H27N3O/c1-16-20(13-23(2)22-16)15-24-10-11-25-21-9-8-18(12-19(21)14-24)17-6-4-3-5-7-17/h6,8-9,12-13H,3-5,7,10-11,14-15H2,1-2H3. The second-order valence-electron chi connectivity index (χ2n) is 7.27. The molecule has 4 nitrogen and oxygen atoms in total. The zero-order chi connectivity index (χ0) is 17.2. The van der Waals surface area contributed by atoms with Crippen LogP contribution in [-0.4, -0.2) is 27.8 Å². The van der Waals surface area contributed by atoms with Gasteiger partial charge >= 0.3 is 0 Å². The SMILES string of the molecule is Cc1nn(C)cc1CN1CCOc2ccc(C3=CCCCC3)cc2C1. The molecule has 0 saturated carbocycles. The molecule has 0 bridgehead atoms. The molecule has 0 N–H and O–H groups in total. The van der Waals surface area contributed by atoms with E-state index in [0.717, 1.165) is 37.7 Å². The number of aromatic nitrogens is 2. The van der Waals surface area contributed by atoms with E-state index >= 15 is 0 Å². The van der Waals surface area contributed by atoms with Gasteiger partial charge in [0.25, 0.3) is 0 Å². The van der Waals surface area contributed by atoms with E-state index in [-0.39, 0.29) is 0 Å². The lowest BCUT2D eigenvalue weighted by molar-refractivity contribution is 0.219. The number of ether oxygens (including phenoxy) is 1. The van der Waals surface area contributed by atoms with Crippen molar-refractivity contribution in [1.82, 2.24) is 14.7 Å². The Labute approximate surface area is 150 Å². The smallest absolute Gasteiger partial charge is 0.123 e. The highest BCUT2D eigenvalue weighted by atomic mass is 16.5. The summed E-state index contributed by atoms with van der Waals surface area (Å²) in [5.74, 6) is 1.05. The Bertz CT molecular complexity index is 790. The van der Waals surface area contributed by atoms with E-state index in [4.69, 9.17) is 4.74 Å². The van der Waals surface area contributed by atoms with Crippen molar-refractivity contribution in [1.29, 1.82) is 0 Å². The Morgan fingerprint density at radius 3 is 2.92 bits per heavy atom. The fourth-order valence-corrected chi connectivity index (χ4v) is 3.93. The summed E-state index contributed by atoms with van der Waals surface area (Å²) in [7, 11) is 1.99. The van der Waals surface area contributed by atoms with Crippen LogP contribution < -0.4 is 4.74 Å². The summed E-state index contributed by atoms with van der Waals surface area (Å²) in [4.78, 5) is 2.47. The van der Waals surface area contributed by atoms with Crippen molar-refractivity contribution in [3.05, 3.63) is 52.9 Å². The molecule has 1 aromatic carbocycles. The van der Waals surface area contributed by atoms with Gasteiger partial charge in [-0.15, -0.1) is 0 Å². The summed E-state index contributed by atoms with van der Waals surface area (Å²) in [6.45, 7) is 5.64. The zero-order valence-corrected chi connectivity index (χ0v) is 15.3. The molecule has 25 heavy (non-hydrogen) atoms. The van der Waals surface area contributed by atoms with E-state index in [1.54, 1.807) is 0 Å². The van der Waals surface area contributed by atoms with Gasteiger partial charge in [0.2, 0.25) is 0 Å². The van der Waals surface area contributed by atoms with E-state index in [0.29, 0.717) is 0 Å². The molecule has 0 atom stereocenters. The van der Waals surface area contributed by atoms with E-state index < -0.39 is 0 Å². The summed E-state index contributed by atoms with van der Waals surface area (Å²) in [6, 6.07) is 6.75. The number of hydrogen-bond acceptors (Lipinski definition) is 3. The van der Waals surface area contributed by atoms with Gasteiger partial charge in [-0.2, -0.15) is 5.10 Å². The number of fused-ring (bicyclic) bond motifs is 1. The van der Waals surface area contributed by atoms with Crippen molar-refractivity contribution in [2.75, 3.05) is 13.2 Å². The Balaban J connectivity index is 1.56. The van der Waals surface area contributed by atoms with Crippen molar-refractivity contribution in [3.63, 3.8) is 0 Å². The molecule has 4 rings (SSSR count). The molecule has 4 heteroatoms. The molecule has 132 valence electrons. The van der Waals surface area contributed by atoms with Crippen LogP contribution in [0.5, 0.6) is 5.75 Å². The molecular weight excluding hydrogens is 310 g/mol. The van der Waals surface area contributed by atoms with Gasteiger partial charge in [-0.3, -0.25) is 9.58 Å². The molecule has 2 heterocycles. The van der Waals surface area contributed by atoms with Crippen LogP contribution in [0.2, 0.25) is 0 Å². The average Bonchev–Trinajstić information content (AvgIpc) is 2.82. The second-order valence-corrected chi connectivity index (χ2v) is 7.27. The summed E-state index contributed by atoms with van der Waals surface area (Å²) >= 11 is 0. The molecular formula is C21H27N3O. The van der Waals surface area contributed by atoms with E-state index in [2.05, 4.69) is 47.4 Å². The molecule has 0 spiro atoms. The molecule has 1 aliphatic heterocycles. The Hall–Kier alpha value is -2.07. The summed E-state index contributed by atoms with van der Waals surface area (Å²) in [5, 5.41) is 4.47. The van der Waals surface area contributed by atoms with Crippen LogP contribution in [0.1, 0.15) is 48.1 Å². The van der Waals surface area contributed by atoms with Crippen molar-refractivity contribution >= 4 is 5.57 Å². The minimum absolute atomic E-state index is 0.744. The molecule has 0 saturated heterocycles. The van der Waals surface area contributed by atoms with Gasteiger partial charge in [0.1, 0.15) is 12.4 Å². The van der Waals surface area contributed by atoms with E-state index in [1.807, 2.05) is 11.7 Å². The van der Waals surface area contributed by atoms with Crippen molar-refractivity contribution in [3.8, 4) is 5.75 Å². The predicted octanol–water partition coefficient (Wildman–Crippen LogP) is 4.08. The van der Waals surface area contributed by atoms with Crippen LogP contribution in [0, 0.1) is 6.92 Å². The van der Waals surface area contributed by atoms with Gasteiger partial charge in [-0.1, -0.05) is 12.1 Å². The first-order valence-corrected chi connectivity index (χ1v) is 9.35. The summed E-state index contributed by atoms with van der Waals surface area (Å²) in [6.07, 6.45) is 9.61. The molecule has 0 amide bonds. The fraction of sp³-hybridized carbons (Fsp3) is 0.476. The second kappa shape index (κ2) is 7.04. The maximum absolute atomic E-state index is 6.01. The van der Waals surface area contributed by atoms with Gasteiger partial charge in [-0.25, -0.2) is 0 Å². The van der Waals surface area contributed by atoms with Gasteiger partial charge in [0, 0.05) is 44.0 Å². The highest BCUT2D eigenvalue weighted by molar-refractivity contribution is 5.67. The first-order valence-electron chi connectivity index (χ1n) is 9.35. The highest BCUT2D eigenvalue weighted by Crippen LogP contribution is 2.32. The van der Waals surface area contributed by atoms with Gasteiger partial charge in [0.15, 0.2) is 0 Å². The number of hydrogen-bond donors (Lipinski definition) is 0. The molecule has 1 aliphatic carbocycles. The third-order valence-corrected chi connectivity index (χ3v) is 5.29. The average molecular weight is 337 g/mol. The number of allylic oxidation sites excluding steroid dienone is 2. The normalized spacial score (nSPS) is 18.2. The molecule has 0 fully saturated rings. The molecule has 0 unspecified atom stereocenters. The predicted molar refractivity (Wildman–Crippen MR) is 100 cm³/mol. The number of rotatable bonds is 3. The van der Waals surface area contributed by atoms with Crippen molar-refractivity contribution in [2.45, 2.75) is 45.7 Å².